The van der Waals surface area contributed by atoms with Crippen molar-refractivity contribution in [3.05, 3.63) is 41.2 Å². The van der Waals surface area contributed by atoms with Gasteiger partial charge in [0, 0.05) is 37.7 Å². The van der Waals surface area contributed by atoms with Gasteiger partial charge in [0.05, 0.1) is 164 Å². The van der Waals surface area contributed by atoms with Crippen LogP contribution in [0.15, 0.2) is 30.1 Å². The van der Waals surface area contributed by atoms with Crippen molar-refractivity contribution in [1.82, 2.24) is 25.9 Å². The average molecular weight is 1180 g/mol. The zero-order valence-corrected chi connectivity index (χ0v) is 48.2. The van der Waals surface area contributed by atoms with Gasteiger partial charge in [-0.3, -0.25) is 38.5 Å². The molecule has 0 aromatic heterocycles. The van der Waals surface area contributed by atoms with Crippen molar-refractivity contribution < 1.29 is 95.6 Å². The largest absolute Gasteiger partial charge is 0.481 e. The Kier molecular flexibility index (Phi) is 47.2. The number of benzene rings is 1. The van der Waals surface area contributed by atoms with Crippen LogP contribution in [0.4, 0.5) is 15.3 Å². The Morgan fingerprint density at radius 2 is 1.18 bits per heavy atom. The van der Waals surface area contributed by atoms with Crippen LogP contribution in [-0.2, 0) is 94.1 Å². The second kappa shape index (κ2) is 51.2. The molecule has 1 saturated heterocycles. The normalized spacial score (nSPS) is 12.4. The Morgan fingerprint density at radius 3 is 1.65 bits per heavy atom. The number of terminal acetylenes is 1. The summed E-state index contributed by atoms with van der Waals surface area (Å²) < 4.78 is 59.6. The number of hydrogen-bond donors (Lipinski definition) is 8. The number of urea groups is 1. The first-order valence-corrected chi connectivity index (χ1v) is 27.0. The van der Waals surface area contributed by atoms with Crippen LogP contribution < -0.4 is 38.6 Å². The maximum atomic E-state index is 13.0. The maximum absolute atomic E-state index is 13.0. The summed E-state index contributed by atoms with van der Waals surface area (Å²) in [5, 5.41) is 20.2. The number of ether oxygens (including phenoxy) is 11. The third-order valence-corrected chi connectivity index (χ3v) is 10.6. The molecule has 11 N–H and O–H groups in total. The molecule has 1 aromatic carbocycles. The number of rotatable bonds is 48. The van der Waals surface area contributed by atoms with Crippen molar-refractivity contribution in [2.24, 2.45) is 23.2 Å². The minimum Gasteiger partial charge on any atom is -0.481 e. The fraction of sp³-hybridized carbons (Fsp3) is 0.660. The third-order valence-electron chi connectivity index (χ3n) is 10.6. The Morgan fingerprint density at radius 1 is 0.687 bits per heavy atom. The number of aliphatic carboxylic acids is 1. The average Bonchev–Trinajstić information content (AvgIpc) is 3.83. The molecule has 1 heterocycles. The predicted octanol–water partition coefficient (Wildman–Crippen LogP) is -0.343. The molecular formula is C53H88BN9O20. The van der Waals surface area contributed by atoms with Crippen LogP contribution in [0.1, 0.15) is 64.0 Å². The molecule has 30 heteroatoms. The lowest BCUT2D eigenvalue weighted by atomic mass is 10.0. The molecule has 0 spiro atoms. The van der Waals surface area contributed by atoms with Gasteiger partial charge >= 0.3 is 12.0 Å². The fourth-order valence-corrected chi connectivity index (χ4v) is 6.50. The number of nitrogens with two attached hydrogens (primary N) is 3. The number of nitrogens with zero attached hydrogens (tertiary/aromatic N) is 2. The fourth-order valence-electron chi connectivity index (χ4n) is 6.50. The van der Waals surface area contributed by atoms with Gasteiger partial charge in [0.25, 0.3) is 0 Å². The number of likely N-dealkylation sites (tertiary alicyclic amines) is 1. The monoisotopic (exact) mass is 1180 g/mol. The Labute approximate surface area is 487 Å². The second-order valence-corrected chi connectivity index (χ2v) is 17.7. The van der Waals surface area contributed by atoms with Gasteiger partial charge in [0.2, 0.25) is 43.3 Å². The molecule has 83 heavy (non-hydrogen) atoms. The van der Waals surface area contributed by atoms with E-state index in [1.807, 2.05) is 6.92 Å². The molecule has 2 radical (unpaired) electrons. The highest BCUT2D eigenvalue weighted by atomic mass is 16.6. The van der Waals surface area contributed by atoms with Gasteiger partial charge in [0.15, 0.2) is 0 Å². The number of carbonyl (C=O) groups excluding carboxylic acids is 7. The number of carbonyl (C=O) groups is 8. The Bertz CT molecular complexity index is 2040. The van der Waals surface area contributed by atoms with E-state index in [-0.39, 0.29) is 89.6 Å². The lowest BCUT2D eigenvalue weighted by Gasteiger charge is -2.22. The molecule has 1 aliphatic heterocycles. The van der Waals surface area contributed by atoms with Gasteiger partial charge < -0.3 is 95.0 Å². The summed E-state index contributed by atoms with van der Waals surface area (Å²) in [4.78, 5) is 94.7. The first-order chi connectivity index (χ1) is 39.9. The molecule has 468 valence electrons. The number of hydrogen-bond acceptors (Lipinski definition) is 22. The predicted molar refractivity (Wildman–Crippen MR) is 302 cm³/mol. The van der Waals surface area contributed by atoms with Gasteiger partial charge in [-0.05, 0) is 35.6 Å². The van der Waals surface area contributed by atoms with Crippen molar-refractivity contribution in [2.45, 2.75) is 72.1 Å². The first kappa shape index (κ1) is 76.5. The third kappa shape index (κ3) is 43.8. The highest BCUT2D eigenvalue weighted by Crippen LogP contribution is 2.19. The standard InChI is InChI=1S/C47H76BN7O19.C4H10N2O.C2H2/c1-35(2)45(53-40(56)7-11-64-14-10-55-42(58)5-6-43(55)59)46(62)51-30-41(57)52-39-4-3-36(33-74-47(48)63)37(29-39)32-73-34-38(49)31-54(50)9-13-66-16-18-68-20-22-70-24-26-72-28-27-71-25-23-69-21-19-67-17-15-65-12-8-44(60)61;1-2-3-6-4(5)7;1-2/h3-4,29,31,35,45H,5-28,30,32-34,49-50H2,1-2H3,(H,51,62)(H,52,57)(H,53,56)(H,60,61);2-3H2,1H3,(H3,5,6,7);1-2H/b38-31-;;. The van der Waals surface area contributed by atoms with Crippen LogP contribution in [0.2, 0.25) is 0 Å². The van der Waals surface area contributed by atoms with Crippen molar-refractivity contribution >= 4 is 60.9 Å². The van der Waals surface area contributed by atoms with Crippen LogP contribution in [0.25, 0.3) is 0 Å². The number of nitrogens with one attached hydrogen (secondary N) is 4. The van der Waals surface area contributed by atoms with Crippen molar-refractivity contribution in [2.75, 3.05) is 157 Å². The number of anilines is 1. The van der Waals surface area contributed by atoms with E-state index in [4.69, 9.17) is 82.4 Å². The molecular weight excluding hydrogens is 1090 g/mol. The molecule has 1 aromatic rings. The molecule has 1 unspecified atom stereocenters. The van der Waals surface area contributed by atoms with E-state index in [1.165, 1.54) is 11.2 Å². The topological polar surface area (TPSA) is 391 Å². The van der Waals surface area contributed by atoms with E-state index >= 15 is 0 Å². The number of primary amides is 1. The molecule has 1 atom stereocenters. The number of imide groups is 1. The summed E-state index contributed by atoms with van der Waals surface area (Å²) in [6.07, 6.45) is 10.7. The summed E-state index contributed by atoms with van der Waals surface area (Å²) in [5.74, 6) is 1.77. The van der Waals surface area contributed by atoms with E-state index in [0.717, 1.165) is 11.3 Å². The minimum absolute atomic E-state index is 0.0103. The number of amides is 7. The molecule has 0 bridgehead atoms. The highest BCUT2D eigenvalue weighted by molar-refractivity contribution is 6.55. The van der Waals surface area contributed by atoms with Crippen LogP contribution in [0.3, 0.4) is 0 Å². The van der Waals surface area contributed by atoms with Gasteiger partial charge in [0.1, 0.15) is 12.6 Å². The van der Waals surface area contributed by atoms with Crippen molar-refractivity contribution in [3.63, 3.8) is 0 Å². The van der Waals surface area contributed by atoms with Crippen LogP contribution in [0, 0.1) is 18.8 Å². The van der Waals surface area contributed by atoms with Gasteiger partial charge in [-0.25, -0.2) is 10.6 Å². The summed E-state index contributed by atoms with van der Waals surface area (Å²) in [5.41, 5.74) is 12.6. The lowest BCUT2D eigenvalue weighted by Crippen LogP contribution is -2.51. The van der Waals surface area contributed by atoms with E-state index in [9.17, 15) is 38.4 Å². The molecule has 7 amide bonds. The van der Waals surface area contributed by atoms with E-state index in [2.05, 4.69) is 34.1 Å². The quantitative estimate of drug-likeness (QED) is 0.0103. The van der Waals surface area contributed by atoms with Crippen LogP contribution >= 0.6 is 0 Å². The number of hydrazine groups is 1. The summed E-state index contributed by atoms with van der Waals surface area (Å²) in [6.45, 7) is 12.1. The van der Waals surface area contributed by atoms with Crippen molar-refractivity contribution in [3.8, 4) is 12.8 Å². The van der Waals surface area contributed by atoms with E-state index in [1.54, 1.807) is 32.0 Å². The summed E-state index contributed by atoms with van der Waals surface area (Å²) in [6, 6.07) is 3.41. The minimum atomic E-state index is -0.980. The number of carboxylic acid groups (broad SMARTS) is 1. The van der Waals surface area contributed by atoms with Crippen LogP contribution in [0.5, 0.6) is 0 Å². The smallest absolute Gasteiger partial charge is 0.312 e. The number of carboxylic acids is 1. The molecule has 1 fully saturated rings. The zero-order chi connectivity index (χ0) is 61.9. The molecule has 29 nitrogen and oxygen atoms in total. The van der Waals surface area contributed by atoms with Crippen LogP contribution in [-0.4, -0.2) is 228 Å². The SMILES string of the molecule is C#C.CCCNC(N)=O.[B]C(=O)OCc1ccc(NC(=O)CNC(=O)C(NC(=O)CCOCCN2C(=O)CCC2=O)C(C)C)cc1COC/C(N)=C/N(N)CCOCCOCCOCCOCCOCCOCCOCCOCCC(=O)O. The zero-order valence-electron chi connectivity index (χ0n) is 48.2. The maximum Gasteiger partial charge on any atom is 0.312 e. The van der Waals surface area contributed by atoms with E-state index in [0.29, 0.717) is 135 Å². The first-order valence-electron chi connectivity index (χ1n) is 27.0. The summed E-state index contributed by atoms with van der Waals surface area (Å²) in [7, 11) is 5.17. The molecule has 2 rings (SSSR count). The molecule has 0 aliphatic carbocycles. The Hall–Kier alpha value is -6.50. The molecule has 1 aliphatic rings. The second-order valence-electron chi connectivity index (χ2n) is 17.7. The molecule has 0 saturated carbocycles. The Balaban J connectivity index is 0.00000691. The summed E-state index contributed by atoms with van der Waals surface area (Å²) >= 11 is 0. The van der Waals surface area contributed by atoms with Crippen molar-refractivity contribution in [1.29, 1.82) is 0 Å². The highest BCUT2D eigenvalue weighted by Gasteiger charge is 2.28. The van der Waals surface area contributed by atoms with Gasteiger partial charge in [-0.2, -0.15) is 0 Å². The van der Waals surface area contributed by atoms with E-state index < -0.39 is 48.2 Å². The van der Waals surface area contributed by atoms with Gasteiger partial charge in [-0.1, -0.05) is 26.8 Å². The lowest BCUT2D eigenvalue weighted by molar-refractivity contribution is -0.140. The van der Waals surface area contributed by atoms with Gasteiger partial charge in [-0.15, -0.1) is 12.8 Å².